The molecule has 1 aromatic carbocycles. The summed E-state index contributed by atoms with van der Waals surface area (Å²) in [6.07, 6.45) is 2.50. The largest absolute Gasteiger partial charge is 0.372 e. The van der Waals surface area contributed by atoms with Gasteiger partial charge in [0.2, 0.25) is 9.84 Å². The van der Waals surface area contributed by atoms with E-state index in [9.17, 15) is 18.5 Å². The average molecular weight is 465 g/mol. The summed E-state index contributed by atoms with van der Waals surface area (Å²) in [7, 11) is -4.12. The van der Waals surface area contributed by atoms with E-state index >= 15 is 0 Å². The van der Waals surface area contributed by atoms with Gasteiger partial charge < -0.3 is 9.64 Å². The first-order valence-electron chi connectivity index (χ1n) is 10.6. The number of fused-ring (bicyclic) bond motifs is 1. The van der Waals surface area contributed by atoms with Crippen LogP contribution >= 0.6 is 0 Å². The van der Waals surface area contributed by atoms with Crippen LogP contribution in [0.4, 0.5) is 5.82 Å². The van der Waals surface area contributed by atoms with E-state index in [1.807, 2.05) is 25.7 Å². The van der Waals surface area contributed by atoms with E-state index in [1.54, 1.807) is 42.6 Å². The van der Waals surface area contributed by atoms with Crippen molar-refractivity contribution in [3.63, 3.8) is 0 Å². The third-order valence-corrected chi connectivity index (χ3v) is 7.16. The van der Waals surface area contributed by atoms with E-state index < -0.39 is 20.3 Å². The van der Waals surface area contributed by atoms with Crippen LogP contribution in [0.15, 0.2) is 63.3 Å². The van der Waals surface area contributed by atoms with Gasteiger partial charge in [-0.25, -0.2) is 13.4 Å². The topological polar surface area (TPSA) is 105 Å². The normalized spacial score (nSPS) is 19.5. The van der Waals surface area contributed by atoms with Crippen LogP contribution < -0.4 is 10.5 Å². The van der Waals surface area contributed by atoms with Gasteiger partial charge in [0.1, 0.15) is 22.4 Å². The van der Waals surface area contributed by atoms with Gasteiger partial charge in [-0.3, -0.25) is 9.20 Å². The van der Waals surface area contributed by atoms with Gasteiger partial charge in [0.15, 0.2) is 0 Å². The van der Waals surface area contributed by atoms with Gasteiger partial charge in [0.05, 0.1) is 22.7 Å². The number of pyridine rings is 1. The number of hydrogen-bond donors (Lipinski definition) is 0. The van der Waals surface area contributed by atoms with Crippen molar-refractivity contribution >= 4 is 27.4 Å². The second-order valence-corrected chi connectivity index (χ2v) is 10.1. The van der Waals surface area contributed by atoms with Gasteiger partial charge >= 0.3 is 0 Å². The van der Waals surface area contributed by atoms with Gasteiger partial charge in [-0.05, 0) is 51.1 Å². The molecule has 0 spiro atoms. The summed E-state index contributed by atoms with van der Waals surface area (Å²) in [6, 6.07) is 13.2. The molecule has 2 atom stereocenters. The van der Waals surface area contributed by atoms with E-state index in [1.165, 1.54) is 16.5 Å². The van der Waals surface area contributed by atoms with Crippen LogP contribution in [0.1, 0.15) is 25.0 Å². The molecule has 0 N–H and O–H groups in total. The fraction of sp³-hybridized carbons (Fsp3) is 0.292. The number of allylic oxidation sites excluding steroid dienone is 1. The second kappa shape index (κ2) is 8.81. The highest BCUT2D eigenvalue weighted by atomic mass is 32.2. The molecular weight excluding hydrogens is 440 g/mol. The Labute approximate surface area is 192 Å². The first-order valence-corrected chi connectivity index (χ1v) is 12.0. The van der Waals surface area contributed by atoms with Crippen LogP contribution in [0.5, 0.6) is 0 Å². The molecule has 2 aromatic heterocycles. The Morgan fingerprint density at radius 2 is 1.82 bits per heavy atom. The number of ether oxygens (including phenoxy) is 1. The predicted molar refractivity (Wildman–Crippen MR) is 126 cm³/mol. The molecule has 3 aromatic rings. The minimum absolute atomic E-state index is 0.00934. The number of nitriles is 1. The van der Waals surface area contributed by atoms with E-state index in [-0.39, 0.29) is 22.7 Å². The van der Waals surface area contributed by atoms with Crippen molar-refractivity contribution in [1.82, 2.24) is 9.38 Å². The van der Waals surface area contributed by atoms with Crippen LogP contribution in [0, 0.1) is 18.3 Å². The molecule has 4 rings (SSSR count). The Morgan fingerprint density at radius 3 is 2.45 bits per heavy atom. The molecule has 1 saturated heterocycles. The minimum atomic E-state index is -4.12. The lowest BCUT2D eigenvalue weighted by atomic mass is 10.2. The molecule has 0 amide bonds. The van der Waals surface area contributed by atoms with Crippen molar-refractivity contribution in [1.29, 1.82) is 5.26 Å². The van der Waals surface area contributed by atoms with Crippen molar-refractivity contribution in [3.05, 3.63) is 75.0 Å². The third kappa shape index (κ3) is 4.40. The van der Waals surface area contributed by atoms with Gasteiger partial charge in [-0.1, -0.05) is 23.8 Å². The third-order valence-electron chi connectivity index (χ3n) is 5.47. The first-order chi connectivity index (χ1) is 15.7. The quantitative estimate of drug-likeness (QED) is 0.547. The van der Waals surface area contributed by atoms with Crippen LogP contribution in [0.2, 0.25) is 0 Å². The standard InChI is InChI=1S/C24H24N4O4S/c1-16-7-9-19(10-8-16)33(30,31)20(13-25)12-21-23(27-14-17(2)32-18(3)15-27)26-22-6-4-5-11-28(22)24(21)29/h4-12,17-18H,14-15H2,1-3H3/b20-12+/t17-,18-/m0/s1. The van der Waals surface area contributed by atoms with E-state index in [0.717, 1.165) is 11.6 Å². The maximum Gasteiger partial charge on any atom is 0.267 e. The summed E-state index contributed by atoms with van der Waals surface area (Å²) in [5, 5.41) is 9.77. The van der Waals surface area contributed by atoms with Gasteiger partial charge in [-0.2, -0.15) is 5.26 Å². The number of aryl methyl sites for hydroxylation is 1. The van der Waals surface area contributed by atoms with Gasteiger partial charge in [0.25, 0.3) is 5.56 Å². The zero-order valence-corrected chi connectivity index (χ0v) is 19.4. The van der Waals surface area contributed by atoms with Crippen LogP contribution in [-0.4, -0.2) is 43.1 Å². The van der Waals surface area contributed by atoms with Crippen molar-refractivity contribution in [2.24, 2.45) is 0 Å². The summed E-state index contributed by atoms with van der Waals surface area (Å²) in [6.45, 7) is 6.65. The van der Waals surface area contributed by atoms with Gasteiger partial charge in [-0.15, -0.1) is 0 Å². The monoisotopic (exact) mass is 464 g/mol. The number of benzene rings is 1. The van der Waals surface area contributed by atoms with Crippen LogP contribution in [0.25, 0.3) is 11.7 Å². The van der Waals surface area contributed by atoms with Gasteiger partial charge in [0, 0.05) is 19.3 Å². The number of hydrogen-bond acceptors (Lipinski definition) is 7. The Morgan fingerprint density at radius 1 is 1.15 bits per heavy atom. The molecule has 1 fully saturated rings. The minimum Gasteiger partial charge on any atom is -0.372 e. The number of nitrogens with zero attached hydrogens (tertiary/aromatic N) is 4. The summed E-state index contributed by atoms with van der Waals surface area (Å²) in [4.78, 5) is 19.5. The summed E-state index contributed by atoms with van der Waals surface area (Å²) in [5.74, 6) is 0.333. The lowest BCUT2D eigenvalue weighted by Gasteiger charge is -2.36. The van der Waals surface area contributed by atoms with Crippen LogP contribution in [0.3, 0.4) is 0 Å². The van der Waals surface area contributed by atoms with Crippen molar-refractivity contribution in [2.75, 3.05) is 18.0 Å². The van der Waals surface area contributed by atoms with Crippen molar-refractivity contribution < 1.29 is 13.2 Å². The molecule has 0 bridgehead atoms. The second-order valence-electron chi connectivity index (χ2n) is 8.18. The Kier molecular flexibility index (Phi) is 6.06. The molecule has 0 saturated carbocycles. The van der Waals surface area contributed by atoms with E-state index in [4.69, 9.17) is 4.74 Å². The molecule has 3 heterocycles. The molecule has 8 nitrogen and oxygen atoms in total. The lowest BCUT2D eigenvalue weighted by molar-refractivity contribution is -0.00546. The maximum absolute atomic E-state index is 13.4. The highest BCUT2D eigenvalue weighted by Crippen LogP contribution is 2.26. The summed E-state index contributed by atoms with van der Waals surface area (Å²) < 4.78 is 33.5. The zero-order valence-electron chi connectivity index (χ0n) is 18.6. The Bertz CT molecular complexity index is 1430. The molecule has 0 aliphatic carbocycles. The number of aromatic nitrogens is 2. The maximum atomic E-state index is 13.4. The summed E-state index contributed by atoms with van der Waals surface area (Å²) in [5.41, 5.74) is 0.925. The van der Waals surface area contributed by atoms with Crippen LogP contribution in [-0.2, 0) is 14.6 Å². The van der Waals surface area contributed by atoms with Crippen molar-refractivity contribution in [3.8, 4) is 6.07 Å². The molecule has 0 unspecified atom stereocenters. The highest BCUT2D eigenvalue weighted by Gasteiger charge is 2.28. The Balaban J connectivity index is 1.94. The molecule has 1 aliphatic heterocycles. The van der Waals surface area contributed by atoms with E-state index in [0.29, 0.717) is 24.6 Å². The summed E-state index contributed by atoms with van der Waals surface area (Å²) >= 11 is 0. The highest BCUT2D eigenvalue weighted by molar-refractivity contribution is 7.95. The number of anilines is 1. The number of sulfone groups is 1. The smallest absolute Gasteiger partial charge is 0.267 e. The number of rotatable bonds is 4. The first kappa shape index (κ1) is 22.7. The zero-order chi connectivity index (χ0) is 23.8. The molecule has 33 heavy (non-hydrogen) atoms. The van der Waals surface area contributed by atoms with E-state index in [2.05, 4.69) is 4.98 Å². The lowest BCUT2D eigenvalue weighted by Crippen LogP contribution is -2.46. The molecule has 0 radical (unpaired) electrons. The Hall–Kier alpha value is -3.48. The predicted octanol–water partition coefficient (Wildman–Crippen LogP) is 2.95. The fourth-order valence-corrected chi connectivity index (χ4v) is 5.10. The molecule has 170 valence electrons. The molecular formula is C24H24N4O4S. The SMILES string of the molecule is Cc1ccc(S(=O)(=O)/C(C#N)=C/c2c(N3C[C@H](C)O[C@@H](C)C3)nc3ccccn3c2=O)cc1. The molecule has 1 aliphatic rings. The average Bonchev–Trinajstić information content (AvgIpc) is 2.78. The van der Waals surface area contributed by atoms with Crippen molar-refractivity contribution in [2.45, 2.75) is 37.9 Å². The number of morpholine rings is 1. The fourth-order valence-electron chi connectivity index (χ4n) is 3.95. The molecule has 9 heteroatoms.